The number of likely N-dealkylation sites (N-methyl/N-ethyl adjacent to an activating group) is 1. The standard InChI is InChI=1S/C30H33F2N5O2/c1-3-36(4-2)14-15-39-22-12-13-27(34-19-22)35-28-17-26-20(18-33-28)16-23(29-24(31)10-7-11-25(29)32)30(38)37(26)21-8-5-6-9-21/h7,10-13,16-19,21H,3-6,8-9,14-15H2,1-2H3,(H,33,34,35). The molecule has 5 rings (SSSR count). The number of benzene rings is 1. The maximum Gasteiger partial charge on any atom is 0.259 e. The molecule has 0 atom stereocenters. The second-order valence-electron chi connectivity index (χ2n) is 9.78. The van der Waals surface area contributed by atoms with Gasteiger partial charge in [0.05, 0.1) is 22.8 Å². The van der Waals surface area contributed by atoms with E-state index in [9.17, 15) is 13.6 Å². The van der Waals surface area contributed by atoms with Crippen molar-refractivity contribution in [3.8, 4) is 16.9 Å². The fourth-order valence-electron chi connectivity index (χ4n) is 5.26. The van der Waals surface area contributed by atoms with E-state index in [-0.39, 0.29) is 17.2 Å². The van der Waals surface area contributed by atoms with Crippen LogP contribution in [-0.2, 0) is 0 Å². The summed E-state index contributed by atoms with van der Waals surface area (Å²) in [4.78, 5) is 24.9. The van der Waals surface area contributed by atoms with Crippen LogP contribution >= 0.6 is 0 Å². The lowest BCUT2D eigenvalue weighted by Crippen LogP contribution is -2.27. The van der Waals surface area contributed by atoms with Gasteiger partial charge < -0.3 is 19.5 Å². The first-order valence-corrected chi connectivity index (χ1v) is 13.6. The van der Waals surface area contributed by atoms with Crippen molar-refractivity contribution in [2.45, 2.75) is 45.6 Å². The molecule has 1 aromatic carbocycles. The van der Waals surface area contributed by atoms with Crippen molar-refractivity contribution in [2.75, 3.05) is 31.6 Å². The van der Waals surface area contributed by atoms with Gasteiger partial charge in [0, 0.05) is 30.2 Å². The van der Waals surface area contributed by atoms with Gasteiger partial charge in [0.1, 0.15) is 35.6 Å². The zero-order valence-electron chi connectivity index (χ0n) is 22.3. The number of fused-ring (bicyclic) bond motifs is 1. The Hall–Kier alpha value is -3.85. The minimum Gasteiger partial charge on any atom is -0.491 e. The molecule has 0 saturated heterocycles. The molecule has 0 unspecified atom stereocenters. The summed E-state index contributed by atoms with van der Waals surface area (Å²) in [5.74, 6) is 0.255. The Morgan fingerprint density at radius 1 is 1.00 bits per heavy atom. The van der Waals surface area contributed by atoms with Crippen LogP contribution in [0.1, 0.15) is 45.6 Å². The van der Waals surface area contributed by atoms with Crippen LogP contribution in [0.3, 0.4) is 0 Å². The molecular weight excluding hydrogens is 500 g/mol. The van der Waals surface area contributed by atoms with Crippen molar-refractivity contribution in [3.63, 3.8) is 0 Å². The Kier molecular flexibility index (Phi) is 8.16. The molecule has 3 aromatic heterocycles. The highest BCUT2D eigenvalue weighted by Crippen LogP contribution is 2.34. The van der Waals surface area contributed by atoms with Gasteiger partial charge in [-0.15, -0.1) is 0 Å². The van der Waals surface area contributed by atoms with E-state index in [1.807, 2.05) is 12.1 Å². The first-order valence-electron chi connectivity index (χ1n) is 13.6. The normalized spacial score (nSPS) is 13.9. The second-order valence-corrected chi connectivity index (χ2v) is 9.78. The minimum absolute atomic E-state index is 0.00533. The SMILES string of the molecule is CCN(CC)CCOc1ccc(Nc2cc3c(cn2)cc(-c2c(F)cccc2F)c(=O)n3C2CCCC2)nc1. The predicted molar refractivity (Wildman–Crippen MR) is 150 cm³/mol. The fraction of sp³-hybridized carbons (Fsp3) is 0.367. The van der Waals surface area contributed by atoms with Crippen LogP contribution in [0.25, 0.3) is 22.0 Å². The maximum atomic E-state index is 14.7. The van der Waals surface area contributed by atoms with Gasteiger partial charge in [-0.1, -0.05) is 32.8 Å². The molecule has 39 heavy (non-hydrogen) atoms. The highest BCUT2D eigenvalue weighted by Gasteiger charge is 2.24. The Morgan fingerprint density at radius 3 is 2.38 bits per heavy atom. The highest BCUT2D eigenvalue weighted by atomic mass is 19.1. The molecule has 1 saturated carbocycles. The number of nitrogens with zero attached hydrogens (tertiary/aromatic N) is 4. The summed E-state index contributed by atoms with van der Waals surface area (Å²) in [7, 11) is 0. The van der Waals surface area contributed by atoms with Crippen LogP contribution in [0.15, 0.2) is 59.7 Å². The summed E-state index contributed by atoms with van der Waals surface area (Å²) in [6.45, 7) is 7.65. The van der Waals surface area contributed by atoms with Gasteiger partial charge in [-0.2, -0.15) is 0 Å². The summed E-state index contributed by atoms with van der Waals surface area (Å²) >= 11 is 0. The Balaban J connectivity index is 1.44. The molecule has 0 aliphatic heterocycles. The van der Waals surface area contributed by atoms with E-state index in [2.05, 4.69) is 34.0 Å². The van der Waals surface area contributed by atoms with Crippen LogP contribution in [-0.4, -0.2) is 45.7 Å². The lowest BCUT2D eigenvalue weighted by atomic mass is 10.0. The molecule has 1 aliphatic rings. The van der Waals surface area contributed by atoms with E-state index in [1.165, 1.54) is 24.3 Å². The number of nitrogens with one attached hydrogen (secondary N) is 1. The minimum atomic E-state index is -0.762. The third-order valence-electron chi connectivity index (χ3n) is 7.41. The molecule has 1 N–H and O–H groups in total. The molecule has 7 nitrogen and oxygen atoms in total. The third kappa shape index (κ3) is 5.78. The zero-order valence-corrected chi connectivity index (χ0v) is 22.3. The van der Waals surface area contributed by atoms with Gasteiger partial charge in [0.2, 0.25) is 0 Å². The summed E-state index contributed by atoms with van der Waals surface area (Å²) in [6.07, 6.45) is 6.95. The van der Waals surface area contributed by atoms with Crippen molar-refractivity contribution in [3.05, 3.63) is 76.8 Å². The monoisotopic (exact) mass is 533 g/mol. The van der Waals surface area contributed by atoms with E-state index in [4.69, 9.17) is 4.74 Å². The quantitative estimate of drug-likeness (QED) is 0.257. The zero-order chi connectivity index (χ0) is 27.4. The van der Waals surface area contributed by atoms with Crippen LogP contribution < -0.4 is 15.6 Å². The lowest BCUT2D eigenvalue weighted by molar-refractivity contribution is 0.222. The molecule has 0 amide bonds. The van der Waals surface area contributed by atoms with Gasteiger partial charge in [0.25, 0.3) is 5.56 Å². The Labute approximate surface area is 226 Å². The summed E-state index contributed by atoms with van der Waals surface area (Å²) in [5, 5.41) is 3.83. The maximum absolute atomic E-state index is 14.7. The molecule has 9 heteroatoms. The number of pyridine rings is 3. The molecule has 1 fully saturated rings. The third-order valence-corrected chi connectivity index (χ3v) is 7.41. The van der Waals surface area contributed by atoms with E-state index in [0.29, 0.717) is 34.9 Å². The van der Waals surface area contributed by atoms with E-state index < -0.39 is 17.2 Å². The van der Waals surface area contributed by atoms with Gasteiger partial charge >= 0.3 is 0 Å². The van der Waals surface area contributed by atoms with Crippen molar-refractivity contribution in [1.82, 2.24) is 19.4 Å². The fourth-order valence-corrected chi connectivity index (χ4v) is 5.26. The average Bonchev–Trinajstić information content (AvgIpc) is 3.47. The van der Waals surface area contributed by atoms with Crippen LogP contribution in [0, 0.1) is 11.6 Å². The molecule has 4 aromatic rings. The Bertz CT molecular complexity index is 1480. The van der Waals surface area contributed by atoms with Crippen molar-refractivity contribution in [1.29, 1.82) is 0 Å². The number of hydrogen-bond donors (Lipinski definition) is 1. The summed E-state index contributed by atoms with van der Waals surface area (Å²) in [6, 6.07) is 10.6. The lowest BCUT2D eigenvalue weighted by Gasteiger charge is -2.20. The molecule has 0 radical (unpaired) electrons. The van der Waals surface area contributed by atoms with Crippen molar-refractivity contribution < 1.29 is 13.5 Å². The highest BCUT2D eigenvalue weighted by molar-refractivity contribution is 5.86. The molecular formula is C30H33F2N5O2. The average molecular weight is 534 g/mol. The molecule has 3 heterocycles. The van der Waals surface area contributed by atoms with Crippen LogP contribution in [0.5, 0.6) is 5.75 Å². The van der Waals surface area contributed by atoms with Gasteiger partial charge in [-0.3, -0.25) is 4.79 Å². The first kappa shape index (κ1) is 26.7. The smallest absolute Gasteiger partial charge is 0.259 e. The van der Waals surface area contributed by atoms with Gasteiger partial charge in [-0.05, 0) is 56.3 Å². The molecule has 1 aliphatic carbocycles. The van der Waals surface area contributed by atoms with Crippen molar-refractivity contribution in [2.24, 2.45) is 0 Å². The van der Waals surface area contributed by atoms with Crippen LogP contribution in [0.4, 0.5) is 20.4 Å². The van der Waals surface area contributed by atoms with Crippen molar-refractivity contribution >= 4 is 22.5 Å². The Morgan fingerprint density at radius 2 is 1.72 bits per heavy atom. The number of anilines is 2. The largest absolute Gasteiger partial charge is 0.491 e. The summed E-state index contributed by atoms with van der Waals surface area (Å²) in [5.41, 5.74) is -0.0335. The van der Waals surface area contributed by atoms with E-state index >= 15 is 0 Å². The molecule has 204 valence electrons. The molecule has 0 bridgehead atoms. The first-order chi connectivity index (χ1) is 19.0. The van der Waals surface area contributed by atoms with Gasteiger partial charge in [0.15, 0.2) is 0 Å². The number of aromatic nitrogens is 3. The number of ether oxygens (including phenoxy) is 1. The van der Waals surface area contributed by atoms with E-state index in [1.54, 1.807) is 23.0 Å². The molecule has 0 spiro atoms. The predicted octanol–water partition coefficient (Wildman–Crippen LogP) is 6.32. The topological polar surface area (TPSA) is 72.3 Å². The number of rotatable bonds is 10. The van der Waals surface area contributed by atoms with Gasteiger partial charge in [-0.25, -0.2) is 18.7 Å². The summed E-state index contributed by atoms with van der Waals surface area (Å²) < 4.78 is 36.8. The number of hydrogen-bond acceptors (Lipinski definition) is 6. The van der Waals surface area contributed by atoms with Crippen LogP contribution in [0.2, 0.25) is 0 Å². The second kappa shape index (κ2) is 11.9. The number of halogens is 2. The van der Waals surface area contributed by atoms with E-state index in [0.717, 1.165) is 45.3 Å².